The maximum Gasteiger partial charge on any atom is 0.341 e. The molecule has 0 N–H and O–H groups in total. The van der Waals surface area contributed by atoms with Gasteiger partial charge in [0, 0.05) is 5.56 Å². The lowest BCUT2D eigenvalue weighted by atomic mass is 10.1. The normalized spacial score (nSPS) is 11.0. The first kappa shape index (κ1) is 15.4. The van der Waals surface area contributed by atoms with E-state index in [0.717, 1.165) is 12.4 Å². The number of hydrogen-bond donors (Lipinski definition) is 0. The average Bonchev–Trinajstić information content (AvgIpc) is 2.53. The van der Waals surface area contributed by atoms with E-state index in [-0.39, 0.29) is 11.5 Å². The molecule has 22 heavy (non-hydrogen) atoms. The van der Waals surface area contributed by atoms with E-state index in [1.807, 2.05) is 0 Å². The molecule has 0 unspecified atom stereocenters. The van der Waals surface area contributed by atoms with Crippen molar-refractivity contribution >= 4 is 11.5 Å². The van der Waals surface area contributed by atoms with E-state index in [1.165, 1.54) is 20.5 Å². The van der Waals surface area contributed by atoms with Crippen LogP contribution < -0.4 is 4.74 Å². The maximum atomic E-state index is 13.1. The molecule has 1 aromatic heterocycles. The highest BCUT2D eigenvalue weighted by atomic mass is 19.1. The molecule has 2 rings (SSSR count). The highest BCUT2D eigenvalue weighted by molar-refractivity contribution is 6.17. The van der Waals surface area contributed by atoms with Gasteiger partial charge in [-0.05, 0) is 6.07 Å². The number of esters is 1. The topological polar surface area (TPSA) is 70.5 Å². The Morgan fingerprint density at radius 3 is 2.68 bits per heavy atom. The minimum Gasteiger partial charge on any atom is -0.503 e. The van der Waals surface area contributed by atoms with Crippen LogP contribution in [0.1, 0.15) is 5.56 Å². The standard InChI is InChI=1S/C15H13FN2O4/c1-20-8-11(15(19)21-2)10-5-3-4-6-12(10)22-14-7-13(16)17-9-18-14/h3-9H,1-2H3. The van der Waals surface area contributed by atoms with E-state index in [1.54, 1.807) is 24.3 Å². The summed E-state index contributed by atoms with van der Waals surface area (Å²) in [4.78, 5) is 19.0. The molecular weight excluding hydrogens is 291 g/mol. The van der Waals surface area contributed by atoms with Crippen LogP contribution in [0.4, 0.5) is 4.39 Å². The van der Waals surface area contributed by atoms with Crippen molar-refractivity contribution in [3.05, 3.63) is 54.4 Å². The molecule has 0 aliphatic carbocycles. The van der Waals surface area contributed by atoms with E-state index < -0.39 is 11.9 Å². The molecule has 0 radical (unpaired) electrons. The Morgan fingerprint density at radius 2 is 2.00 bits per heavy atom. The Bertz CT molecular complexity index is 703. The second kappa shape index (κ2) is 7.16. The van der Waals surface area contributed by atoms with Gasteiger partial charge in [-0.15, -0.1) is 0 Å². The van der Waals surface area contributed by atoms with Crippen molar-refractivity contribution in [1.82, 2.24) is 9.97 Å². The van der Waals surface area contributed by atoms with Crippen LogP contribution in [-0.2, 0) is 14.3 Å². The number of methoxy groups -OCH3 is 2. The number of carbonyl (C=O) groups is 1. The van der Waals surface area contributed by atoms with Gasteiger partial charge in [0.25, 0.3) is 0 Å². The molecule has 0 saturated heterocycles. The van der Waals surface area contributed by atoms with E-state index in [4.69, 9.17) is 14.2 Å². The van der Waals surface area contributed by atoms with Gasteiger partial charge >= 0.3 is 5.97 Å². The number of rotatable bonds is 5. The second-order valence-corrected chi connectivity index (χ2v) is 4.04. The number of aromatic nitrogens is 2. The fourth-order valence-electron chi connectivity index (χ4n) is 1.71. The monoisotopic (exact) mass is 304 g/mol. The first-order chi connectivity index (χ1) is 10.7. The van der Waals surface area contributed by atoms with Gasteiger partial charge in [-0.1, -0.05) is 18.2 Å². The Morgan fingerprint density at radius 1 is 1.23 bits per heavy atom. The fourth-order valence-corrected chi connectivity index (χ4v) is 1.71. The molecule has 0 spiro atoms. The number of ether oxygens (including phenoxy) is 3. The van der Waals surface area contributed by atoms with E-state index in [9.17, 15) is 9.18 Å². The number of para-hydroxylation sites is 1. The number of nitrogens with zero attached hydrogens (tertiary/aromatic N) is 2. The molecule has 114 valence electrons. The highest BCUT2D eigenvalue weighted by Crippen LogP contribution is 2.30. The molecular formula is C15H13FN2O4. The van der Waals surface area contributed by atoms with Gasteiger partial charge in [-0.3, -0.25) is 0 Å². The zero-order valence-corrected chi connectivity index (χ0v) is 11.9. The average molecular weight is 304 g/mol. The first-order valence-corrected chi connectivity index (χ1v) is 6.21. The van der Waals surface area contributed by atoms with Crippen molar-refractivity contribution < 1.29 is 23.4 Å². The van der Waals surface area contributed by atoms with Crippen LogP contribution in [0.15, 0.2) is 42.9 Å². The molecule has 0 saturated carbocycles. The fraction of sp³-hybridized carbons (Fsp3) is 0.133. The largest absolute Gasteiger partial charge is 0.503 e. The van der Waals surface area contributed by atoms with Crippen LogP contribution in [0, 0.1) is 5.95 Å². The van der Waals surface area contributed by atoms with Crippen LogP contribution in [0.25, 0.3) is 5.57 Å². The van der Waals surface area contributed by atoms with Gasteiger partial charge in [0.05, 0.1) is 26.5 Å². The third-order valence-corrected chi connectivity index (χ3v) is 2.64. The van der Waals surface area contributed by atoms with Gasteiger partial charge in [0.15, 0.2) is 0 Å². The van der Waals surface area contributed by atoms with Gasteiger partial charge in [-0.2, -0.15) is 4.39 Å². The van der Waals surface area contributed by atoms with Crippen LogP contribution in [-0.4, -0.2) is 30.2 Å². The summed E-state index contributed by atoms with van der Waals surface area (Å²) in [6.45, 7) is 0. The number of halogens is 1. The maximum absolute atomic E-state index is 13.1. The minimum atomic E-state index is -0.719. The molecule has 0 amide bonds. The van der Waals surface area contributed by atoms with Crippen molar-refractivity contribution in [2.24, 2.45) is 0 Å². The predicted octanol–water partition coefficient (Wildman–Crippen LogP) is 2.57. The summed E-state index contributed by atoms with van der Waals surface area (Å²) in [5.41, 5.74) is 0.588. The van der Waals surface area contributed by atoms with Crippen LogP contribution in [0.3, 0.4) is 0 Å². The number of benzene rings is 1. The Hall–Kier alpha value is -2.96. The number of hydrogen-bond acceptors (Lipinski definition) is 6. The second-order valence-electron chi connectivity index (χ2n) is 4.04. The summed E-state index contributed by atoms with van der Waals surface area (Å²) in [5.74, 6) is -0.995. The van der Waals surface area contributed by atoms with Gasteiger partial charge in [0.2, 0.25) is 11.8 Å². The Balaban J connectivity index is 2.41. The number of carbonyl (C=O) groups excluding carboxylic acids is 1. The summed E-state index contributed by atoms with van der Waals surface area (Å²) in [5, 5.41) is 0. The van der Waals surface area contributed by atoms with Crippen molar-refractivity contribution in [2.45, 2.75) is 0 Å². The molecule has 0 aliphatic rings. The summed E-state index contributed by atoms with van der Waals surface area (Å²) in [7, 11) is 2.67. The molecule has 6 nitrogen and oxygen atoms in total. The summed E-state index contributed by atoms with van der Waals surface area (Å²) >= 11 is 0. The molecule has 1 aromatic carbocycles. The molecule has 0 bridgehead atoms. The summed E-state index contributed by atoms with van der Waals surface area (Å²) < 4.78 is 28.2. The van der Waals surface area contributed by atoms with Crippen LogP contribution in [0.2, 0.25) is 0 Å². The minimum absolute atomic E-state index is 0.0154. The lowest BCUT2D eigenvalue weighted by Gasteiger charge is -2.11. The molecule has 0 aliphatic heterocycles. The lowest BCUT2D eigenvalue weighted by Crippen LogP contribution is -2.06. The van der Waals surface area contributed by atoms with E-state index >= 15 is 0 Å². The van der Waals surface area contributed by atoms with Crippen molar-refractivity contribution in [3.63, 3.8) is 0 Å². The SMILES string of the molecule is COC=C(C(=O)OC)c1ccccc1Oc1cc(F)ncn1. The summed E-state index contributed by atoms with van der Waals surface area (Å²) in [6.07, 6.45) is 2.29. The predicted molar refractivity (Wildman–Crippen MR) is 75.5 cm³/mol. The third-order valence-electron chi connectivity index (χ3n) is 2.64. The quantitative estimate of drug-likeness (QED) is 0.366. The Labute approximate surface area is 126 Å². The lowest BCUT2D eigenvalue weighted by molar-refractivity contribution is -0.133. The van der Waals surface area contributed by atoms with Gasteiger partial charge in [-0.25, -0.2) is 14.8 Å². The molecule has 1 heterocycles. The summed E-state index contributed by atoms with van der Waals surface area (Å²) in [6, 6.07) is 7.72. The molecule has 0 fully saturated rings. The highest BCUT2D eigenvalue weighted by Gasteiger charge is 2.18. The van der Waals surface area contributed by atoms with Crippen molar-refractivity contribution in [1.29, 1.82) is 0 Å². The third kappa shape index (κ3) is 3.57. The molecule has 7 heteroatoms. The zero-order valence-electron chi connectivity index (χ0n) is 11.9. The van der Waals surface area contributed by atoms with E-state index in [0.29, 0.717) is 11.3 Å². The smallest absolute Gasteiger partial charge is 0.341 e. The zero-order chi connectivity index (χ0) is 15.9. The van der Waals surface area contributed by atoms with Gasteiger partial charge in [0.1, 0.15) is 17.6 Å². The van der Waals surface area contributed by atoms with Crippen molar-refractivity contribution in [3.8, 4) is 11.6 Å². The van der Waals surface area contributed by atoms with Crippen LogP contribution >= 0.6 is 0 Å². The van der Waals surface area contributed by atoms with Gasteiger partial charge < -0.3 is 14.2 Å². The van der Waals surface area contributed by atoms with Crippen molar-refractivity contribution in [2.75, 3.05) is 14.2 Å². The van der Waals surface area contributed by atoms with E-state index in [2.05, 4.69) is 9.97 Å². The Kier molecular flexibility index (Phi) is 5.02. The van der Waals surface area contributed by atoms with Crippen LogP contribution in [0.5, 0.6) is 11.6 Å². The molecule has 0 atom stereocenters. The first-order valence-electron chi connectivity index (χ1n) is 6.21. The molecule has 2 aromatic rings.